The largest absolute Gasteiger partial charge is 0.450 e. The van der Waals surface area contributed by atoms with Gasteiger partial charge in [-0.15, -0.1) is 0 Å². The number of rotatable bonds is 6. The Morgan fingerprint density at radius 2 is 2.17 bits per heavy atom. The molecular weight excluding hydrogens is 222 g/mol. The summed E-state index contributed by atoms with van der Waals surface area (Å²) in [4.78, 5) is 10.7. The van der Waals surface area contributed by atoms with Gasteiger partial charge in [-0.25, -0.2) is 4.79 Å². The molecular formula is C8H16BrNO2. The lowest BCUT2D eigenvalue weighted by Crippen LogP contribution is -2.23. The van der Waals surface area contributed by atoms with E-state index in [1.807, 2.05) is 6.92 Å². The van der Waals surface area contributed by atoms with Gasteiger partial charge in [0.15, 0.2) is 0 Å². The van der Waals surface area contributed by atoms with Crippen LogP contribution in [-0.2, 0) is 4.74 Å². The van der Waals surface area contributed by atoms with Gasteiger partial charge in [-0.2, -0.15) is 0 Å². The molecule has 0 atom stereocenters. The van der Waals surface area contributed by atoms with E-state index in [-0.39, 0.29) is 6.09 Å². The van der Waals surface area contributed by atoms with E-state index >= 15 is 0 Å². The predicted molar refractivity (Wildman–Crippen MR) is 52.7 cm³/mol. The van der Waals surface area contributed by atoms with Gasteiger partial charge in [0.1, 0.15) is 0 Å². The number of alkyl halides is 1. The standard InChI is InChI=1S/C8H16BrNO2/c1-2-10-8(11)12-7-5-3-4-6-9/h2-7H2,1H3,(H,10,11). The molecule has 0 spiro atoms. The molecule has 0 saturated heterocycles. The first-order chi connectivity index (χ1) is 5.81. The number of carbonyl (C=O) groups excluding carboxylic acids is 1. The fourth-order valence-electron chi connectivity index (χ4n) is 0.734. The maximum absolute atomic E-state index is 10.7. The highest BCUT2D eigenvalue weighted by Crippen LogP contribution is 1.98. The van der Waals surface area contributed by atoms with Crippen molar-refractivity contribution in [2.45, 2.75) is 26.2 Å². The van der Waals surface area contributed by atoms with Crippen molar-refractivity contribution in [3.05, 3.63) is 0 Å². The van der Waals surface area contributed by atoms with Crippen LogP contribution in [0.25, 0.3) is 0 Å². The molecule has 0 unspecified atom stereocenters. The number of unbranched alkanes of at least 4 members (excludes halogenated alkanes) is 2. The van der Waals surface area contributed by atoms with Crippen molar-refractivity contribution in [1.82, 2.24) is 5.32 Å². The second-order valence-corrected chi connectivity index (χ2v) is 3.21. The second kappa shape index (κ2) is 8.84. The fourth-order valence-corrected chi connectivity index (χ4v) is 1.13. The number of ether oxygens (including phenoxy) is 1. The van der Waals surface area contributed by atoms with Crippen molar-refractivity contribution >= 4 is 22.0 Å². The van der Waals surface area contributed by atoms with Crippen LogP contribution in [0.1, 0.15) is 26.2 Å². The van der Waals surface area contributed by atoms with E-state index in [2.05, 4.69) is 21.2 Å². The van der Waals surface area contributed by atoms with E-state index in [4.69, 9.17) is 4.74 Å². The average Bonchev–Trinajstić information content (AvgIpc) is 2.05. The lowest BCUT2D eigenvalue weighted by Gasteiger charge is -2.03. The predicted octanol–water partition coefficient (Wildman–Crippen LogP) is 2.30. The minimum absolute atomic E-state index is 0.309. The highest BCUT2D eigenvalue weighted by atomic mass is 79.9. The summed E-state index contributed by atoms with van der Waals surface area (Å²) in [6.07, 6.45) is 2.88. The van der Waals surface area contributed by atoms with Gasteiger partial charge in [0.2, 0.25) is 0 Å². The van der Waals surface area contributed by atoms with Crippen molar-refractivity contribution in [3.63, 3.8) is 0 Å². The molecule has 4 heteroatoms. The maximum Gasteiger partial charge on any atom is 0.407 e. The molecule has 72 valence electrons. The SMILES string of the molecule is CCNC(=O)OCCCCCBr. The maximum atomic E-state index is 10.7. The van der Waals surface area contributed by atoms with Gasteiger partial charge in [0.25, 0.3) is 0 Å². The average molecular weight is 238 g/mol. The second-order valence-electron chi connectivity index (χ2n) is 2.42. The fraction of sp³-hybridized carbons (Fsp3) is 0.875. The first-order valence-corrected chi connectivity index (χ1v) is 5.40. The molecule has 0 aliphatic heterocycles. The van der Waals surface area contributed by atoms with Gasteiger partial charge >= 0.3 is 6.09 Å². The van der Waals surface area contributed by atoms with Crippen LogP contribution < -0.4 is 5.32 Å². The number of carbonyl (C=O) groups is 1. The number of amides is 1. The number of alkyl carbamates (subject to hydrolysis) is 1. The Morgan fingerprint density at radius 3 is 2.75 bits per heavy atom. The zero-order valence-corrected chi connectivity index (χ0v) is 9.02. The first-order valence-electron chi connectivity index (χ1n) is 4.27. The number of nitrogens with one attached hydrogen (secondary N) is 1. The van der Waals surface area contributed by atoms with Crippen molar-refractivity contribution in [3.8, 4) is 0 Å². The van der Waals surface area contributed by atoms with Gasteiger partial charge in [0, 0.05) is 11.9 Å². The molecule has 0 bridgehead atoms. The van der Waals surface area contributed by atoms with Crippen molar-refractivity contribution < 1.29 is 9.53 Å². The Morgan fingerprint density at radius 1 is 1.42 bits per heavy atom. The van der Waals surface area contributed by atoms with Gasteiger partial charge in [0.05, 0.1) is 6.61 Å². The van der Waals surface area contributed by atoms with E-state index in [0.29, 0.717) is 13.2 Å². The zero-order chi connectivity index (χ0) is 9.23. The Hall–Kier alpha value is -0.250. The highest BCUT2D eigenvalue weighted by Gasteiger charge is 1.97. The highest BCUT2D eigenvalue weighted by molar-refractivity contribution is 9.09. The molecule has 0 rings (SSSR count). The normalized spacial score (nSPS) is 9.50. The summed E-state index contributed by atoms with van der Waals surface area (Å²) < 4.78 is 4.86. The zero-order valence-electron chi connectivity index (χ0n) is 7.44. The summed E-state index contributed by atoms with van der Waals surface area (Å²) in [5.41, 5.74) is 0. The van der Waals surface area contributed by atoms with Gasteiger partial charge < -0.3 is 10.1 Å². The quantitative estimate of drug-likeness (QED) is 0.569. The molecule has 12 heavy (non-hydrogen) atoms. The Balaban J connectivity index is 3.03. The molecule has 0 radical (unpaired) electrons. The molecule has 0 aliphatic rings. The summed E-state index contributed by atoms with van der Waals surface area (Å²) in [6, 6.07) is 0. The van der Waals surface area contributed by atoms with Crippen LogP contribution in [0.2, 0.25) is 0 Å². The van der Waals surface area contributed by atoms with Gasteiger partial charge in [-0.3, -0.25) is 0 Å². The molecule has 0 aromatic rings. The third kappa shape index (κ3) is 7.85. The van der Waals surface area contributed by atoms with Crippen LogP contribution in [0.15, 0.2) is 0 Å². The molecule has 0 heterocycles. The van der Waals surface area contributed by atoms with Crippen LogP contribution in [0.4, 0.5) is 4.79 Å². The van der Waals surface area contributed by atoms with E-state index in [1.54, 1.807) is 0 Å². The topological polar surface area (TPSA) is 38.3 Å². The molecule has 0 aliphatic carbocycles. The Bertz CT molecular complexity index is 120. The molecule has 0 saturated carbocycles. The smallest absolute Gasteiger partial charge is 0.407 e. The third-order valence-corrected chi connectivity index (χ3v) is 1.89. The van der Waals surface area contributed by atoms with Crippen molar-refractivity contribution in [2.24, 2.45) is 0 Å². The van der Waals surface area contributed by atoms with E-state index in [1.165, 1.54) is 0 Å². The minimum Gasteiger partial charge on any atom is -0.450 e. The molecule has 0 aromatic heterocycles. The van der Waals surface area contributed by atoms with Crippen LogP contribution in [-0.4, -0.2) is 24.6 Å². The van der Waals surface area contributed by atoms with Crippen LogP contribution in [0.5, 0.6) is 0 Å². The summed E-state index contributed by atoms with van der Waals surface area (Å²) in [5, 5.41) is 3.59. The lowest BCUT2D eigenvalue weighted by atomic mass is 10.3. The first kappa shape index (κ1) is 11.8. The van der Waals surface area contributed by atoms with Gasteiger partial charge in [-0.1, -0.05) is 15.9 Å². The van der Waals surface area contributed by atoms with Crippen LogP contribution in [0, 0.1) is 0 Å². The van der Waals surface area contributed by atoms with Crippen LogP contribution in [0.3, 0.4) is 0 Å². The van der Waals surface area contributed by atoms with Gasteiger partial charge in [-0.05, 0) is 26.2 Å². The van der Waals surface area contributed by atoms with Crippen molar-refractivity contribution in [1.29, 1.82) is 0 Å². The molecule has 0 fully saturated rings. The molecule has 0 aromatic carbocycles. The molecule has 1 amide bonds. The molecule has 3 nitrogen and oxygen atoms in total. The summed E-state index contributed by atoms with van der Waals surface area (Å²) in [7, 11) is 0. The molecule has 1 N–H and O–H groups in total. The summed E-state index contributed by atoms with van der Waals surface area (Å²) in [6.45, 7) is 3.02. The summed E-state index contributed by atoms with van der Waals surface area (Å²) in [5.74, 6) is 0. The monoisotopic (exact) mass is 237 g/mol. The summed E-state index contributed by atoms with van der Waals surface area (Å²) >= 11 is 3.34. The minimum atomic E-state index is -0.309. The number of hydrogen-bond acceptors (Lipinski definition) is 2. The van der Waals surface area contributed by atoms with Crippen LogP contribution >= 0.6 is 15.9 Å². The Labute approximate surface area is 82.0 Å². The van der Waals surface area contributed by atoms with E-state index in [9.17, 15) is 4.79 Å². The Kier molecular flexibility index (Phi) is 8.66. The van der Waals surface area contributed by atoms with E-state index in [0.717, 1.165) is 24.6 Å². The van der Waals surface area contributed by atoms with Crippen molar-refractivity contribution in [2.75, 3.05) is 18.5 Å². The number of halogens is 1. The third-order valence-electron chi connectivity index (χ3n) is 1.33. The number of hydrogen-bond donors (Lipinski definition) is 1. The lowest BCUT2D eigenvalue weighted by molar-refractivity contribution is 0.144. The van der Waals surface area contributed by atoms with E-state index < -0.39 is 0 Å².